The summed E-state index contributed by atoms with van der Waals surface area (Å²) >= 11 is 0. The van der Waals surface area contributed by atoms with Crippen molar-refractivity contribution in [3.8, 4) is 22.3 Å². The van der Waals surface area contributed by atoms with Crippen molar-refractivity contribution in [1.82, 2.24) is 0 Å². The van der Waals surface area contributed by atoms with Crippen molar-refractivity contribution in [2.45, 2.75) is 6.92 Å². The molecule has 0 aliphatic heterocycles. The maximum atomic E-state index is 13.1. The van der Waals surface area contributed by atoms with E-state index in [0.717, 1.165) is 22.3 Å². The molecule has 0 aromatic heterocycles. The minimum atomic E-state index is -0.237. The third-order valence-electron chi connectivity index (χ3n) is 3.56. The van der Waals surface area contributed by atoms with Crippen LogP contribution in [0.5, 0.6) is 0 Å². The van der Waals surface area contributed by atoms with Gasteiger partial charge in [-0.25, -0.2) is 4.39 Å². The maximum absolute atomic E-state index is 13.1. The number of rotatable bonds is 2. The number of nitrogens with two attached hydrogens (primary N) is 1. The first-order chi connectivity index (χ1) is 10.1. The van der Waals surface area contributed by atoms with Gasteiger partial charge in [0.2, 0.25) is 0 Å². The number of benzene rings is 3. The predicted molar refractivity (Wildman–Crippen MR) is 86.4 cm³/mol. The summed E-state index contributed by atoms with van der Waals surface area (Å²) < 4.78 is 13.1. The summed E-state index contributed by atoms with van der Waals surface area (Å²) in [4.78, 5) is 0. The summed E-state index contributed by atoms with van der Waals surface area (Å²) in [5.41, 5.74) is 12.0. The molecule has 0 heterocycles. The number of aryl methyl sites for hydroxylation is 1. The molecule has 3 aromatic carbocycles. The van der Waals surface area contributed by atoms with E-state index in [-0.39, 0.29) is 5.82 Å². The van der Waals surface area contributed by atoms with Crippen molar-refractivity contribution in [3.63, 3.8) is 0 Å². The summed E-state index contributed by atoms with van der Waals surface area (Å²) in [6.45, 7) is 2.06. The molecular weight excluding hydrogens is 261 g/mol. The first-order valence-corrected chi connectivity index (χ1v) is 6.86. The first-order valence-electron chi connectivity index (χ1n) is 6.86. The molecule has 3 rings (SSSR count). The minimum absolute atomic E-state index is 0.237. The van der Waals surface area contributed by atoms with E-state index in [4.69, 9.17) is 5.73 Å². The Kier molecular flexibility index (Phi) is 3.44. The third kappa shape index (κ3) is 2.79. The highest BCUT2D eigenvalue weighted by molar-refractivity contribution is 5.85. The van der Waals surface area contributed by atoms with Gasteiger partial charge in [0.25, 0.3) is 0 Å². The van der Waals surface area contributed by atoms with Gasteiger partial charge in [-0.1, -0.05) is 48.0 Å². The zero-order valence-corrected chi connectivity index (χ0v) is 11.8. The van der Waals surface area contributed by atoms with Crippen molar-refractivity contribution in [2.24, 2.45) is 0 Å². The van der Waals surface area contributed by atoms with Gasteiger partial charge in [-0.05, 0) is 53.4 Å². The molecule has 1 nitrogen and oxygen atoms in total. The second-order valence-corrected chi connectivity index (χ2v) is 5.18. The van der Waals surface area contributed by atoms with Crippen LogP contribution in [0.2, 0.25) is 0 Å². The minimum Gasteiger partial charge on any atom is -0.399 e. The zero-order chi connectivity index (χ0) is 14.8. The fraction of sp³-hybridized carbons (Fsp3) is 0.0526. The molecule has 0 saturated carbocycles. The molecule has 0 aliphatic carbocycles. The average molecular weight is 277 g/mol. The lowest BCUT2D eigenvalue weighted by molar-refractivity contribution is 0.628. The highest BCUT2D eigenvalue weighted by atomic mass is 19.1. The van der Waals surface area contributed by atoms with Gasteiger partial charge < -0.3 is 5.73 Å². The summed E-state index contributed by atoms with van der Waals surface area (Å²) in [7, 11) is 0. The molecule has 0 unspecified atom stereocenters. The zero-order valence-electron chi connectivity index (χ0n) is 11.8. The fourth-order valence-corrected chi connectivity index (χ4v) is 2.41. The second kappa shape index (κ2) is 5.41. The molecule has 0 bridgehead atoms. The van der Waals surface area contributed by atoms with Crippen molar-refractivity contribution in [1.29, 1.82) is 0 Å². The van der Waals surface area contributed by atoms with Crippen LogP contribution in [-0.2, 0) is 0 Å². The van der Waals surface area contributed by atoms with Crippen LogP contribution in [-0.4, -0.2) is 0 Å². The highest BCUT2D eigenvalue weighted by Gasteiger charge is 2.08. The smallest absolute Gasteiger partial charge is 0.123 e. The Morgan fingerprint density at radius 2 is 1.29 bits per heavy atom. The second-order valence-electron chi connectivity index (χ2n) is 5.18. The SMILES string of the molecule is Cc1ccc(-c2ccc(N)cc2-c2ccc(F)cc2)cc1. The van der Waals surface area contributed by atoms with Crippen LogP contribution in [0.15, 0.2) is 66.7 Å². The van der Waals surface area contributed by atoms with Gasteiger partial charge in [-0.3, -0.25) is 0 Å². The van der Waals surface area contributed by atoms with E-state index in [2.05, 4.69) is 31.2 Å². The Hall–Kier alpha value is -2.61. The summed E-state index contributed by atoms with van der Waals surface area (Å²) in [5, 5.41) is 0. The summed E-state index contributed by atoms with van der Waals surface area (Å²) in [6, 6.07) is 20.7. The normalized spacial score (nSPS) is 10.6. The van der Waals surface area contributed by atoms with Crippen molar-refractivity contribution < 1.29 is 4.39 Å². The van der Waals surface area contributed by atoms with Gasteiger partial charge in [-0.2, -0.15) is 0 Å². The average Bonchev–Trinajstić information content (AvgIpc) is 2.49. The van der Waals surface area contributed by atoms with Crippen molar-refractivity contribution in [2.75, 3.05) is 5.73 Å². The van der Waals surface area contributed by atoms with Gasteiger partial charge in [0.05, 0.1) is 0 Å². The van der Waals surface area contributed by atoms with Gasteiger partial charge in [-0.15, -0.1) is 0 Å². The molecule has 0 atom stereocenters. The van der Waals surface area contributed by atoms with Crippen LogP contribution in [0.4, 0.5) is 10.1 Å². The number of nitrogen functional groups attached to an aromatic ring is 1. The molecule has 0 fully saturated rings. The van der Waals surface area contributed by atoms with E-state index in [9.17, 15) is 4.39 Å². The van der Waals surface area contributed by atoms with Crippen molar-refractivity contribution >= 4 is 5.69 Å². The molecule has 2 heteroatoms. The Labute approximate surface area is 123 Å². The monoisotopic (exact) mass is 277 g/mol. The number of anilines is 1. The van der Waals surface area contributed by atoms with E-state index >= 15 is 0 Å². The molecule has 0 aliphatic rings. The van der Waals surface area contributed by atoms with Crippen LogP contribution >= 0.6 is 0 Å². The topological polar surface area (TPSA) is 26.0 Å². The van der Waals surface area contributed by atoms with E-state index in [1.165, 1.54) is 17.7 Å². The number of halogens is 1. The van der Waals surface area contributed by atoms with Gasteiger partial charge >= 0.3 is 0 Å². The van der Waals surface area contributed by atoms with Gasteiger partial charge in [0, 0.05) is 5.69 Å². The molecule has 3 aromatic rings. The predicted octanol–water partition coefficient (Wildman–Crippen LogP) is 5.05. The maximum Gasteiger partial charge on any atom is 0.123 e. The van der Waals surface area contributed by atoms with Crippen molar-refractivity contribution in [3.05, 3.63) is 78.1 Å². The van der Waals surface area contributed by atoms with E-state index < -0.39 is 0 Å². The van der Waals surface area contributed by atoms with Crippen LogP contribution in [0.3, 0.4) is 0 Å². The highest BCUT2D eigenvalue weighted by Crippen LogP contribution is 2.33. The molecule has 0 saturated heterocycles. The van der Waals surface area contributed by atoms with E-state index in [0.29, 0.717) is 5.69 Å². The lowest BCUT2D eigenvalue weighted by Gasteiger charge is -2.12. The first kappa shape index (κ1) is 13.4. The molecule has 104 valence electrons. The summed E-state index contributed by atoms with van der Waals surface area (Å²) in [6.07, 6.45) is 0. The van der Waals surface area contributed by atoms with Crippen LogP contribution in [0.25, 0.3) is 22.3 Å². The van der Waals surface area contributed by atoms with Crippen LogP contribution in [0.1, 0.15) is 5.56 Å². The molecule has 0 radical (unpaired) electrons. The molecule has 0 amide bonds. The Balaban J connectivity index is 2.17. The van der Waals surface area contributed by atoms with Gasteiger partial charge in [0.15, 0.2) is 0 Å². The third-order valence-corrected chi connectivity index (χ3v) is 3.56. The Morgan fingerprint density at radius 1 is 0.714 bits per heavy atom. The standard InChI is InChI=1S/C19H16FN/c1-13-2-4-14(5-3-13)18-11-10-17(21)12-19(18)15-6-8-16(20)9-7-15/h2-12H,21H2,1H3. The number of hydrogen-bond acceptors (Lipinski definition) is 1. The fourth-order valence-electron chi connectivity index (χ4n) is 2.41. The molecular formula is C19H16FN. The Morgan fingerprint density at radius 3 is 1.95 bits per heavy atom. The van der Waals surface area contributed by atoms with Crippen LogP contribution in [0, 0.1) is 12.7 Å². The Bertz CT molecular complexity index is 759. The lowest BCUT2D eigenvalue weighted by Crippen LogP contribution is -1.90. The van der Waals surface area contributed by atoms with E-state index in [1.54, 1.807) is 12.1 Å². The van der Waals surface area contributed by atoms with E-state index in [1.807, 2.05) is 18.2 Å². The lowest BCUT2D eigenvalue weighted by atomic mass is 9.93. The van der Waals surface area contributed by atoms with Crippen LogP contribution < -0.4 is 5.73 Å². The molecule has 21 heavy (non-hydrogen) atoms. The summed E-state index contributed by atoms with van der Waals surface area (Å²) in [5.74, 6) is -0.237. The number of hydrogen-bond donors (Lipinski definition) is 1. The molecule has 0 spiro atoms. The largest absolute Gasteiger partial charge is 0.399 e. The quantitative estimate of drug-likeness (QED) is 0.652. The van der Waals surface area contributed by atoms with Gasteiger partial charge in [0.1, 0.15) is 5.82 Å². The molecule has 2 N–H and O–H groups in total.